The number of aromatic nitrogens is 3. The molecule has 17 heavy (non-hydrogen) atoms. The molecule has 1 aliphatic heterocycles. The maximum absolute atomic E-state index is 4.57. The summed E-state index contributed by atoms with van der Waals surface area (Å²) in [7, 11) is 0. The van der Waals surface area contributed by atoms with Crippen molar-refractivity contribution in [2.75, 3.05) is 6.54 Å². The van der Waals surface area contributed by atoms with E-state index >= 15 is 0 Å². The van der Waals surface area contributed by atoms with E-state index in [1.165, 1.54) is 18.4 Å². The molecule has 0 saturated carbocycles. The molecule has 1 aliphatic rings. The lowest BCUT2D eigenvalue weighted by Crippen LogP contribution is -2.13. The summed E-state index contributed by atoms with van der Waals surface area (Å²) in [5, 5.41) is 8.06. The first-order chi connectivity index (χ1) is 8.24. The summed E-state index contributed by atoms with van der Waals surface area (Å²) in [4.78, 5) is 4.49. The van der Waals surface area contributed by atoms with Gasteiger partial charge in [-0.05, 0) is 25.3 Å². The van der Waals surface area contributed by atoms with Crippen LogP contribution in [0.2, 0.25) is 0 Å². The van der Waals surface area contributed by atoms with Crippen LogP contribution in [0.25, 0.3) is 5.65 Å². The van der Waals surface area contributed by atoms with Crippen LogP contribution in [0, 0.1) is 0 Å². The largest absolute Gasteiger partial charge is 0.310 e. The van der Waals surface area contributed by atoms with Gasteiger partial charge in [0, 0.05) is 30.1 Å². The van der Waals surface area contributed by atoms with Crippen molar-refractivity contribution in [3.05, 3.63) is 29.7 Å². The molecule has 0 spiro atoms. The molecule has 3 heterocycles. The third-order valence-corrected chi connectivity index (χ3v) is 3.41. The van der Waals surface area contributed by atoms with Crippen LogP contribution in [-0.2, 0) is 0 Å². The molecule has 1 atom stereocenters. The Morgan fingerprint density at radius 3 is 3.06 bits per heavy atom. The van der Waals surface area contributed by atoms with Crippen LogP contribution < -0.4 is 5.32 Å². The van der Waals surface area contributed by atoms with Gasteiger partial charge in [0.05, 0.1) is 5.69 Å². The van der Waals surface area contributed by atoms with Crippen molar-refractivity contribution in [1.29, 1.82) is 0 Å². The molecule has 90 valence electrons. The molecule has 3 rings (SSSR count). The highest BCUT2D eigenvalue weighted by molar-refractivity contribution is 5.40. The molecule has 0 aliphatic carbocycles. The van der Waals surface area contributed by atoms with Gasteiger partial charge in [-0.2, -0.15) is 5.10 Å². The zero-order valence-corrected chi connectivity index (χ0v) is 10.3. The van der Waals surface area contributed by atoms with Crippen molar-refractivity contribution in [2.45, 2.75) is 38.6 Å². The maximum atomic E-state index is 4.57. The molecular weight excluding hydrogens is 212 g/mol. The SMILES string of the molecule is CC(C)c1cc2ncc(C3CCCN3)cn2n1. The van der Waals surface area contributed by atoms with Crippen molar-refractivity contribution in [3.8, 4) is 0 Å². The van der Waals surface area contributed by atoms with Gasteiger partial charge in [-0.1, -0.05) is 13.8 Å². The van der Waals surface area contributed by atoms with Gasteiger partial charge >= 0.3 is 0 Å². The predicted octanol–water partition coefficient (Wildman–Crippen LogP) is 2.28. The molecule has 1 saturated heterocycles. The van der Waals surface area contributed by atoms with Gasteiger partial charge in [0.25, 0.3) is 0 Å². The van der Waals surface area contributed by atoms with Crippen LogP contribution in [0.3, 0.4) is 0 Å². The molecule has 2 aromatic rings. The molecule has 4 heteroatoms. The van der Waals surface area contributed by atoms with E-state index in [0.717, 1.165) is 17.9 Å². The number of rotatable bonds is 2. The summed E-state index contributed by atoms with van der Waals surface area (Å²) in [5.74, 6) is 0.449. The molecule has 1 N–H and O–H groups in total. The average Bonchev–Trinajstić information content (AvgIpc) is 2.97. The van der Waals surface area contributed by atoms with Gasteiger partial charge in [0.15, 0.2) is 5.65 Å². The fourth-order valence-corrected chi connectivity index (χ4v) is 2.34. The monoisotopic (exact) mass is 230 g/mol. The van der Waals surface area contributed by atoms with Crippen molar-refractivity contribution < 1.29 is 0 Å². The van der Waals surface area contributed by atoms with Crippen molar-refractivity contribution in [2.24, 2.45) is 0 Å². The van der Waals surface area contributed by atoms with E-state index in [1.807, 2.05) is 10.7 Å². The van der Waals surface area contributed by atoms with E-state index in [2.05, 4.69) is 41.5 Å². The first kappa shape index (κ1) is 10.7. The van der Waals surface area contributed by atoms with E-state index in [0.29, 0.717) is 12.0 Å². The topological polar surface area (TPSA) is 42.2 Å². The lowest BCUT2D eigenvalue weighted by molar-refractivity contribution is 0.637. The Labute approximate surface area is 101 Å². The highest BCUT2D eigenvalue weighted by Gasteiger charge is 2.17. The Bertz CT molecular complexity index is 523. The minimum Gasteiger partial charge on any atom is -0.310 e. The lowest BCUT2D eigenvalue weighted by Gasteiger charge is -2.09. The second-order valence-corrected chi connectivity index (χ2v) is 5.06. The summed E-state index contributed by atoms with van der Waals surface area (Å²) < 4.78 is 1.91. The predicted molar refractivity (Wildman–Crippen MR) is 67.1 cm³/mol. The van der Waals surface area contributed by atoms with Crippen LogP contribution in [0.15, 0.2) is 18.5 Å². The Balaban J connectivity index is 2.00. The van der Waals surface area contributed by atoms with Gasteiger partial charge in [-0.25, -0.2) is 9.50 Å². The first-order valence-electron chi connectivity index (χ1n) is 6.32. The van der Waals surface area contributed by atoms with Crippen LogP contribution >= 0.6 is 0 Å². The Morgan fingerprint density at radius 2 is 2.35 bits per heavy atom. The van der Waals surface area contributed by atoms with Crippen LogP contribution in [0.5, 0.6) is 0 Å². The Morgan fingerprint density at radius 1 is 1.47 bits per heavy atom. The number of nitrogens with one attached hydrogen (secondary N) is 1. The highest BCUT2D eigenvalue weighted by Crippen LogP contribution is 2.23. The van der Waals surface area contributed by atoms with E-state index in [9.17, 15) is 0 Å². The molecule has 4 nitrogen and oxygen atoms in total. The van der Waals surface area contributed by atoms with E-state index < -0.39 is 0 Å². The number of hydrogen-bond donors (Lipinski definition) is 1. The molecule has 0 amide bonds. The number of hydrogen-bond acceptors (Lipinski definition) is 3. The molecule has 0 bridgehead atoms. The van der Waals surface area contributed by atoms with E-state index in [1.54, 1.807) is 0 Å². The Hall–Kier alpha value is -1.42. The third-order valence-electron chi connectivity index (χ3n) is 3.41. The normalized spacial score (nSPS) is 20.5. The highest BCUT2D eigenvalue weighted by atomic mass is 15.2. The molecule has 0 radical (unpaired) electrons. The van der Waals surface area contributed by atoms with E-state index in [-0.39, 0.29) is 0 Å². The third kappa shape index (κ3) is 1.93. The van der Waals surface area contributed by atoms with Crippen LogP contribution in [-0.4, -0.2) is 21.1 Å². The molecule has 1 unspecified atom stereocenters. The molecule has 0 aromatic carbocycles. The summed E-state index contributed by atoms with van der Waals surface area (Å²) in [6, 6.07) is 2.52. The fraction of sp³-hybridized carbons (Fsp3) is 0.538. The summed E-state index contributed by atoms with van der Waals surface area (Å²) in [6.07, 6.45) is 6.53. The van der Waals surface area contributed by atoms with Crippen molar-refractivity contribution in [1.82, 2.24) is 19.9 Å². The zero-order chi connectivity index (χ0) is 11.8. The van der Waals surface area contributed by atoms with Gasteiger partial charge in [-0.3, -0.25) is 0 Å². The van der Waals surface area contributed by atoms with Gasteiger partial charge < -0.3 is 5.32 Å². The average molecular weight is 230 g/mol. The summed E-state index contributed by atoms with van der Waals surface area (Å²) in [6.45, 7) is 5.42. The molecule has 1 fully saturated rings. The van der Waals surface area contributed by atoms with Gasteiger partial charge in [-0.15, -0.1) is 0 Å². The van der Waals surface area contributed by atoms with Crippen LogP contribution in [0.4, 0.5) is 0 Å². The smallest absolute Gasteiger partial charge is 0.155 e. The first-order valence-corrected chi connectivity index (χ1v) is 6.32. The lowest BCUT2D eigenvalue weighted by atomic mass is 10.1. The summed E-state index contributed by atoms with van der Waals surface area (Å²) >= 11 is 0. The quantitative estimate of drug-likeness (QED) is 0.860. The second kappa shape index (κ2) is 4.11. The number of nitrogens with zero attached hydrogens (tertiary/aromatic N) is 3. The maximum Gasteiger partial charge on any atom is 0.155 e. The standard InChI is InChI=1S/C13H18N4/c1-9(2)12-6-13-15-7-10(8-17(13)16-12)11-4-3-5-14-11/h6-9,11,14H,3-5H2,1-2H3. The number of fused-ring (bicyclic) bond motifs is 1. The minimum absolute atomic E-state index is 0.449. The van der Waals surface area contributed by atoms with Crippen molar-refractivity contribution >= 4 is 5.65 Å². The minimum atomic E-state index is 0.449. The molecule has 2 aromatic heterocycles. The Kier molecular flexibility index (Phi) is 2.59. The second-order valence-electron chi connectivity index (χ2n) is 5.06. The van der Waals surface area contributed by atoms with Gasteiger partial charge in [0.2, 0.25) is 0 Å². The fourth-order valence-electron chi connectivity index (χ4n) is 2.34. The molecular formula is C13H18N4. The summed E-state index contributed by atoms with van der Waals surface area (Å²) in [5.41, 5.74) is 3.29. The van der Waals surface area contributed by atoms with Crippen LogP contribution in [0.1, 0.15) is 49.9 Å². The van der Waals surface area contributed by atoms with Crippen molar-refractivity contribution in [3.63, 3.8) is 0 Å². The van der Waals surface area contributed by atoms with Gasteiger partial charge in [0.1, 0.15) is 0 Å². The zero-order valence-electron chi connectivity index (χ0n) is 10.3. The van der Waals surface area contributed by atoms with E-state index in [4.69, 9.17) is 0 Å².